The standard InChI is InChI=1S/C9H17NO4/c1-6-2-3-14-8(6)9(13)10-7(4-11)5-12/h6-8,11-12H,2-5H2,1H3,(H,10,13). The summed E-state index contributed by atoms with van der Waals surface area (Å²) in [5, 5.41) is 20.1. The molecule has 0 aromatic heterocycles. The smallest absolute Gasteiger partial charge is 0.249 e. The van der Waals surface area contributed by atoms with Crippen LogP contribution in [0.1, 0.15) is 13.3 Å². The molecule has 0 saturated carbocycles. The van der Waals surface area contributed by atoms with Gasteiger partial charge in [-0.15, -0.1) is 0 Å². The normalized spacial score (nSPS) is 26.9. The Morgan fingerprint density at radius 3 is 2.64 bits per heavy atom. The average molecular weight is 203 g/mol. The highest BCUT2D eigenvalue weighted by Gasteiger charge is 2.31. The van der Waals surface area contributed by atoms with Gasteiger partial charge in [-0.25, -0.2) is 0 Å². The van der Waals surface area contributed by atoms with Crippen molar-refractivity contribution in [3.63, 3.8) is 0 Å². The third-order valence-electron chi connectivity index (χ3n) is 2.43. The minimum Gasteiger partial charge on any atom is -0.394 e. The van der Waals surface area contributed by atoms with Crippen molar-refractivity contribution in [1.29, 1.82) is 0 Å². The maximum atomic E-state index is 11.5. The van der Waals surface area contributed by atoms with E-state index in [9.17, 15) is 4.79 Å². The van der Waals surface area contributed by atoms with Crippen LogP contribution in [0.5, 0.6) is 0 Å². The van der Waals surface area contributed by atoms with E-state index in [1.54, 1.807) is 0 Å². The molecule has 3 N–H and O–H groups in total. The van der Waals surface area contributed by atoms with Crippen LogP contribution in [0, 0.1) is 5.92 Å². The van der Waals surface area contributed by atoms with Crippen LogP contribution >= 0.6 is 0 Å². The molecule has 1 rings (SSSR count). The Morgan fingerprint density at radius 1 is 1.57 bits per heavy atom. The van der Waals surface area contributed by atoms with Gasteiger partial charge in [0.15, 0.2) is 0 Å². The lowest BCUT2D eigenvalue weighted by Crippen LogP contribution is -2.46. The quantitative estimate of drug-likeness (QED) is 0.541. The lowest BCUT2D eigenvalue weighted by atomic mass is 10.0. The number of ether oxygens (including phenoxy) is 1. The molecule has 0 aromatic rings. The molecule has 1 aliphatic heterocycles. The number of nitrogens with one attached hydrogen (secondary N) is 1. The Kier molecular flexibility index (Phi) is 4.31. The zero-order valence-electron chi connectivity index (χ0n) is 8.27. The first-order valence-corrected chi connectivity index (χ1v) is 4.82. The fourth-order valence-electron chi connectivity index (χ4n) is 1.46. The van der Waals surface area contributed by atoms with Crippen molar-refractivity contribution in [2.75, 3.05) is 19.8 Å². The van der Waals surface area contributed by atoms with Crippen molar-refractivity contribution in [2.24, 2.45) is 5.92 Å². The van der Waals surface area contributed by atoms with Gasteiger partial charge in [0.1, 0.15) is 6.10 Å². The van der Waals surface area contributed by atoms with Crippen LogP contribution in [0.15, 0.2) is 0 Å². The van der Waals surface area contributed by atoms with E-state index in [1.807, 2.05) is 6.92 Å². The number of amides is 1. The van der Waals surface area contributed by atoms with Crippen LogP contribution in [-0.2, 0) is 9.53 Å². The summed E-state index contributed by atoms with van der Waals surface area (Å²) in [6, 6.07) is -0.584. The average Bonchev–Trinajstić information content (AvgIpc) is 2.60. The predicted octanol–water partition coefficient (Wildman–Crippen LogP) is -1.12. The van der Waals surface area contributed by atoms with Crippen LogP contribution < -0.4 is 5.32 Å². The molecule has 5 heteroatoms. The summed E-state index contributed by atoms with van der Waals surface area (Å²) in [5.74, 6) is -0.0452. The summed E-state index contributed by atoms with van der Waals surface area (Å²) in [7, 11) is 0. The topological polar surface area (TPSA) is 78.8 Å². The summed E-state index contributed by atoms with van der Waals surface area (Å²) >= 11 is 0. The highest BCUT2D eigenvalue weighted by atomic mass is 16.5. The Bertz CT molecular complexity index is 193. The summed E-state index contributed by atoms with van der Waals surface area (Å²) < 4.78 is 5.24. The van der Waals surface area contributed by atoms with E-state index in [1.165, 1.54) is 0 Å². The third kappa shape index (κ3) is 2.67. The monoisotopic (exact) mass is 203 g/mol. The van der Waals surface area contributed by atoms with Crippen molar-refractivity contribution < 1.29 is 19.7 Å². The number of aliphatic hydroxyl groups is 2. The van der Waals surface area contributed by atoms with Gasteiger partial charge in [0.05, 0.1) is 19.3 Å². The van der Waals surface area contributed by atoms with Crippen LogP contribution in [0.4, 0.5) is 0 Å². The summed E-state index contributed by atoms with van der Waals surface area (Å²) in [4.78, 5) is 11.5. The lowest BCUT2D eigenvalue weighted by molar-refractivity contribution is -0.132. The van der Waals surface area contributed by atoms with Gasteiger partial charge in [-0.3, -0.25) is 4.79 Å². The van der Waals surface area contributed by atoms with E-state index in [-0.39, 0.29) is 25.0 Å². The first kappa shape index (κ1) is 11.4. The van der Waals surface area contributed by atoms with E-state index in [2.05, 4.69) is 5.32 Å². The molecule has 0 aromatic carbocycles. The number of hydrogen-bond donors (Lipinski definition) is 3. The number of carbonyl (C=O) groups excluding carboxylic acids is 1. The molecule has 1 aliphatic rings. The van der Waals surface area contributed by atoms with Gasteiger partial charge in [-0.1, -0.05) is 6.92 Å². The molecule has 1 fully saturated rings. The van der Waals surface area contributed by atoms with E-state index in [0.717, 1.165) is 6.42 Å². The van der Waals surface area contributed by atoms with Crippen LogP contribution in [-0.4, -0.2) is 48.1 Å². The van der Waals surface area contributed by atoms with E-state index in [4.69, 9.17) is 14.9 Å². The first-order valence-electron chi connectivity index (χ1n) is 4.82. The molecule has 0 bridgehead atoms. The zero-order chi connectivity index (χ0) is 10.6. The van der Waals surface area contributed by atoms with Gasteiger partial charge in [0.25, 0.3) is 0 Å². The Hall–Kier alpha value is -0.650. The zero-order valence-corrected chi connectivity index (χ0v) is 8.27. The van der Waals surface area contributed by atoms with E-state index >= 15 is 0 Å². The molecular formula is C9H17NO4. The molecule has 1 saturated heterocycles. The van der Waals surface area contributed by atoms with Crippen molar-refractivity contribution in [3.8, 4) is 0 Å². The maximum Gasteiger partial charge on any atom is 0.249 e. The second kappa shape index (κ2) is 5.29. The number of hydrogen-bond acceptors (Lipinski definition) is 4. The SMILES string of the molecule is CC1CCOC1C(=O)NC(CO)CO. The molecule has 14 heavy (non-hydrogen) atoms. The molecule has 0 radical (unpaired) electrons. The minimum absolute atomic E-state index is 0.202. The fourth-order valence-corrected chi connectivity index (χ4v) is 1.46. The van der Waals surface area contributed by atoms with Crippen molar-refractivity contribution >= 4 is 5.91 Å². The van der Waals surface area contributed by atoms with Gasteiger partial charge >= 0.3 is 0 Å². The minimum atomic E-state index is -0.584. The molecule has 5 nitrogen and oxygen atoms in total. The lowest BCUT2D eigenvalue weighted by Gasteiger charge is -2.18. The van der Waals surface area contributed by atoms with Gasteiger partial charge in [0.2, 0.25) is 5.91 Å². The fraction of sp³-hybridized carbons (Fsp3) is 0.889. The van der Waals surface area contributed by atoms with Gasteiger partial charge in [-0.2, -0.15) is 0 Å². The number of carbonyl (C=O) groups is 1. The summed E-state index contributed by atoms with van der Waals surface area (Å²) in [6.07, 6.45) is 0.441. The second-order valence-corrected chi connectivity index (χ2v) is 3.63. The Morgan fingerprint density at radius 2 is 2.21 bits per heavy atom. The van der Waals surface area contributed by atoms with E-state index < -0.39 is 12.1 Å². The van der Waals surface area contributed by atoms with E-state index in [0.29, 0.717) is 6.61 Å². The summed E-state index contributed by atoms with van der Waals surface area (Å²) in [6.45, 7) is 2.03. The third-order valence-corrected chi connectivity index (χ3v) is 2.43. The molecule has 2 unspecified atom stereocenters. The van der Waals surface area contributed by atoms with Crippen LogP contribution in [0.25, 0.3) is 0 Å². The molecule has 2 atom stereocenters. The van der Waals surface area contributed by atoms with Crippen molar-refractivity contribution in [1.82, 2.24) is 5.32 Å². The molecule has 82 valence electrons. The van der Waals surface area contributed by atoms with Gasteiger partial charge in [-0.05, 0) is 12.3 Å². The second-order valence-electron chi connectivity index (χ2n) is 3.63. The molecule has 1 heterocycles. The molecular weight excluding hydrogens is 186 g/mol. The highest BCUT2D eigenvalue weighted by Crippen LogP contribution is 2.19. The van der Waals surface area contributed by atoms with Crippen molar-refractivity contribution in [2.45, 2.75) is 25.5 Å². The Labute approximate surface area is 83.1 Å². The maximum absolute atomic E-state index is 11.5. The van der Waals surface area contributed by atoms with Crippen LogP contribution in [0.2, 0.25) is 0 Å². The summed E-state index contributed by atoms with van der Waals surface area (Å²) in [5.41, 5.74) is 0. The first-order chi connectivity index (χ1) is 6.69. The molecule has 0 aliphatic carbocycles. The predicted molar refractivity (Wildman–Crippen MR) is 49.6 cm³/mol. The van der Waals surface area contributed by atoms with Gasteiger partial charge < -0.3 is 20.3 Å². The van der Waals surface area contributed by atoms with Gasteiger partial charge in [0, 0.05) is 6.61 Å². The number of rotatable bonds is 4. The largest absolute Gasteiger partial charge is 0.394 e. The van der Waals surface area contributed by atoms with Crippen molar-refractivity contribution in [3.05, 3.63) is 0 Å². The number of aliphatic hydroxyl groups excluding tert-OH is 2. The highest BCUT2D eigenvalue weighted by molar-refractivity contribution is 5.81. The molecule has 1 amide bonds. The molecule has 0 spiro atoms. The van der Waals surface area contributed by atoms with Crippen LogP contribution in [0.3, 0.4) is 0 Å². The Balaban J connectivity index is 2.40.